The van der Waals surface area contributed by atoms with E-state index in [0.29, 0.717) is 5.92 Å². The summed E-state index contributed by atoms with van der Waals surface area (Å²) in [6, 6.07) is 3.85. The molecule has 1 aliphatic rings. The highest BCUT2D eigenvalue weighted by Gasteiger charge is 2.26. The van der Waals surface area contributed by atoms with Gasteiger partial charge in [-0.05, 0) is 42.4 Å². The Kier molecular flexibility index (Phi) is 3.94. The molecule has 1 aromatic heterocycles. The van der Waals surface area contributed by atoms with Crippen molar-refractivity contribution in [3.05, 3.63) is 30.1 Å². The van der Waals surface area contributed by atoms with Crippen molar-refractivity contribution in [1.29, 1.82) is 0 Å². The summed E-state index contributed by atoms with van der Waals surface area (Å²) in [7, 11) is 0. The monoisotopic (exact) mass is 219 g/mol. The van der Waals surface area contributed by atoms with E-state index in [0.717, 1.165) is 11.5 Å². The molecule has 1 fully saturated rings. The molecule has 0 bridgehead atoms. The van der Waals surface area contributed by atoms with Crippen LogP contribution >= 0.6 is 0 Å². The van der Waals surface area contributed by atoms with Gasteiger partial charge in [-0.3, -0.25) is 4.98 Å². The van der Waals surface area contributed by atoms with Gasteiger partial charge in [0, 0.05) is 12.4 Å². The molecule has 1 saturated carbocycles. The van der Waals surface area contributed by atoms with Gasteiger partial charge in [0.25, 0.3) is 0 Å². The number of hydrogen-bond donors (Lipinski definition) is 1. The fourth-order valence-electron chi connectivity index (χ4n) is 2.75. The minimum absolute atomic E-state index is 0.291. The van der Waals surface area contributed by atoms with Gasteiger partial charge in [-0.1, -0.05) is 26.2 Å². The summed E-state index contributed by atoms with van der Waals surface area (Å²) < 4.78 is 0. The van der Waals surface area contributed by atoms with E-state index in [1.165, 1.54) is 32.1 Å². The third kappa shape index (κ3) is 2.62. The van der Waals surface area contributed by atoms with Crippen LogP contribution in [0.15, 0.2) is 24.5 Å². The van der Waals surface area contributed by atoms with Crippen LogP contribution in [-0.4, -0.2) is 10.1 Å². The predicted octanol–water partition coefficient (Wildman–Crippen LogP) is 3.33. The Morgan fingerprint density at radius 1 is 1.25 bits per heavy atom. The zero-order valence-electron chi connectivity index (χ0n) is 9.97. The first-order valence-electron chi connectivity index (χ1n) is 6.39. The van der Waals surface area contributed by atoms with Gasteiger partial charge in [-0.15, -0.1) is 0 Å². The summed E-state index contributed by atoms with van der Waals surface area (Å²) in [5, 5.41) is 10.3. The van der Waals surface area contributed by atoms with Crippen LogP contribution in [0.1, 0.15) is 50.7 Å². The molecule has 2 heteroatoms. The average Bonchev–Trinajstić information content (AvgIpc) is 2.39. The minimum atomic E-state index is -0.291. The lowest BCUT2D eigenvalue weighted by molar-refractivity contribution is 0.0729. The largest absolute Gasteiger partial charge is 0.388 e. The molecule has 1 aliphatic carbocycles. The maximum absolute atomic E-state index is 10.3. The molecule has 16 heavy (non-hydrogen) atoms. The van der Waals surface area contributed by atoms with Crippen LogP contribution in [0.2, 0.25) is 0 Å². The Labute approximate surface area is 97.7 Å². The average molecular weight is 219 g/mol. The lowest BCUT2D eigenvalue weighted by Crippen LogP contribution is -2.20. The molecule has 1 N–H and O–H groups in total. The summed E-state index contributed by atoms with van der Waals surface area (Å²) in [5.41, 5.74) is 1.02. The van der Waals surface area contributed by atoms with Crippen molar-refractivity contribution < 1.29 is 5.11 Å². The lowest BCUT2D eigenvalue weighted by atomic mass is 9.77. The highest BCUT2D eigenvalue weighted by molar-refractivity contribution is 5.14. The summed E-state index contributed by atoms with van der Waals surface area (Å²) in [5.74, 6) is 1.34. The van der Waals surface area contributed by atoms with Crippen molar-refractivity contribution in [2.75, 3.05) is 0 Å². The number of hydrogen-bond acceptors (Lipinski definition) is 2. The molecule has 1 atom stereocenters. The SMILES string of the molecule is CCC1CCC(C(O)c2ccncc2)CC1. The number of aliphatic hydroxyl groups is 1. The van der Waals surface area contributed by atoms with Gasteiger partial charge in [0.05, 0.1) is 6.10 Å². The summed E-state index contributed by atoms with van der Waals surface area (Å²) in [4.78, 5) is 3.99. The molecule has 2 nitrogen and oxygen atoms in total. The second-order valence-electron chi connectivity index (χ2n) is 4.91. The zero-order chi connectivity index (χ0) is 11.4. The number of rotatable bonds is 3. The second kappa shape index (κ2) is 5.44. The predicted molar refractivity (Wildman–Crippen MR) is 64.9 cm³/mol. The van der Waals surface area contributed by atoms with Crippen molar-refractivity contribution in [2.45, 2.75) is 45.1 Å². The van der Waals surface area contributed by atoms with Crippen LogP contribution in [0.25, 0.3) is 0 Å². The van der Waals surface area contributed by atoms with Crippen LogP contribution in [0.4, 0.5) is 0 Å². The third-order valence-electron chi connectivity index (χ3n) is 3.96. The molecular formula is C14H21NO. The highest BCUT2D eigenvalue weighted by atomic mass is 16.3. The number of aliphatic hydroxyl groups excluding tert-OH is 1. The Morgan fingerprint density at radius 3 is 2.44 bits per heavy atom. The fraction of sp³-hybridized carbons (Fsp3) is 0.643. The van der Waals surface area contributed by atoms with Gasteiger partial charge in [0.15, 0.2) is 0 Å². The van der Waals surface area contributed by atoms with Crippen LogP contribution in [0, 0.1) is 11.8 Å². The van der Waals surface area contributed by atoms with Gasteiger partial charge in [-0.25, -0.2) is 0 Å². The van der Waals surface area contributed by atoms with E-state index >= 15 is 0 Å². The molecule has 0 aliphatic heterocycles. The molecule has 1 heterocycles. The first kappa shape index (κ1) is 11.6. The van der Waals surface area contributed by atoms with Crippen molar-refractivity contribution in [1.82, 2.24) is 4.98 Å². The number of nitrogens with zero attached hydrogens (tertiary/aromatic N) is 1. The second-order valence-corrected chi connectivity index (χ2v) is 4.91. The molecule has 0 aromatic carbocycles. The van der Waals surface area contributed by atoms with Crippen LogP contribution in [0.3, 0.4) is 0 Å². The van der Waals surface area contributed by atoms with E-state index in [4.69, 9.17) is 0 Å². The molecule has 0 saturated heterocycles. The van der Waals surface area contributed by atoms with Crippen molar-refractivity contribution in [3.63, 3.8) is 0 Å². The standard InChI is InChI=1S/C14H21NO/c1-2-11-3-5-12(6-4-11)14(16)13-7-9-15-10-8-13/h7-12,14,16H,2-6H2,1H3. The first-order valence-corrected chi connectivity index (χ1v) is 6.39. The Hall–Kier alpha value is -0.890. The van der Waals surface area contributed by atoms with Gasteiger partial charge >= 0.3 is 0 Å². The summed E-state index contributed by atoms with van der Waals surface area (Å²) >= 11 is 0. The number of pyridine rings is 1. The van der Waals surface area contributed by atoms with E-state index in [2.05, 4.69) is 11.9 Å². The Bertz CT molecular complexity index is 304. The van der Waals surface area contributed by atoms with Gasteiger partial charge < -0.3 is 5.11 Å². The maximum Gasteiger partial charge on any atom is 0.0819 e. The van der Waals surface area contributed by atoms with E-state index in [-0.39, 0.29) is 6.10 Å². The van der Waals surface area contributed by atoms with Gasteiger partial charge in [0.1, 0.15) is 0 Å². The van der Waals surface area contributed by atoms with Gasteiger partial charge in [-0.2, -0.15) is 0 Å². The minimum Gasteiger partial charge on any atom is -0.388 e. The molecule has 2 rings (SSSR count). The Morgan fingerprint density at radius 2 is 1.88 bits per heavy atom. The normalized spacial score (nSPS) is 27.6. The van der Waals surface area contributed by atoms with Crippen LogP contribution < -0.4 is 0 Å². The van der Waals surface area contributed by atoms with E-state index in [1.54, 1.807) is 12.4 Å². The van der Waals surface area contributed by atoms with Crippen molar-refractivity contribution >= 4 is 0 Å². The zero-order valence-corrected chi connectivity index (χ0v) is 9.97. The lowest BCUT2D eigenvalue weighted by Gasteiger charge is -2.31. The molecule has 1 aromatic rings. The molecule has 1 unspecified atom stereocenters. The third-order valence-corrected chi connectivity index (χ3v) is 3.96. The molecule has 88 valence electrons. The fourth-order valence-corrected chi connectivity index (χ4v) is 2.75. The molecule has 0 spiro atoms. The summed E-state index contributed by atoms with van der Waals surface area (Å²) in [6.45, 7) is 2.27. The topological polar surface area (TPSA) is 33.1 Å². The highest BCUT2D eigenvalue weighted by Crippen LogP contribution is 2.37. The molecule has 0 amide bonds. The van der Waals surface area contributed by atoms with E-state index < -0.39 is 0 Å². The van der Waals surface area contributed by atoms with E-state index in [1.807, 2.05) is 12.1 Å². The number of aromatic nitrogens is 1. The van der Waals surface area contributed by atoms with Crippen LogP contribution in [0.5, 0.6) is 0 Å². The molecule has 0 radical (unpaired) electrons. The molecular weight excluding hydrogens is 198 g/mol. The van der Waals surface area contributed by atoms with Crippen molar-refractivity contribution in [2.24, 2.45) is 11.8 Å². The van der Waals surface area contributed by atoms with E-state index in [9.17, 15) is 5.11 Å². The summed E-state index contributed by atoms with van der Waals surface area (Å²) in [6.07, 6.45) is 9.42. The van der Waals surface area contributed by atoms with Crippen LogP contribution in [-0.2, 0) is 0 Å². The Balaban J connectivity index is 1.94. The first-order chi connectivity index (χ1) is 7.81. The quantitative estimate of drug-likeness (QED) is 0.845. The maximum atomic E-state index is 10.3. The van der Waals surface area contributed by atoms with Crippen molar-refractivity contribution in [3.8, 4) is 0 Å². The van der Waals surface area contributed by atoms with Gasteiger partial charge in [0.2, 0.25) is 0 Å². The smallest absolute Gasteiger partial charge is 0.0819 e.